The van der Waals surface area contributed by atoms with Gasteiger partial charge < -0.3 is 13.9 Å². The average molecular weight is 705 g/mol. The van der Waals surface area contributed by atoms with Crippen molar-refractivity contribution in [1.29, 1.82) is 0 Å². The second-order valence-corrected chi connectivity index (χ2v) is 14.4. The van der Waals surface area contributed by atoms with Crippen LogP contribution in [0.2, 0.25) is 0 Å². The van der Waals surface area contributed by atoms with Crippen LogP contribution in [0, 0.1) is 0 Å². The van der Waals surface area contributed by atoms with E-state index in [4.69, 9.17) is 4.98 Å². The molecule has 6 rings (SSSR count). The zero-order valence-electron chi connectivity index (χ0n) is 29.6. The molecule has 0 bridgehead atoms. The van der Waals surface area contributed by atoms with Gasteiger partial charge in [-0.05, 0) is 44.4 Å². The van der Waals surface area contributed by atoms with Crippen LogP contribution >= 0.6 is 7.14 Å². The zero-order valence-corrected chi connectivity index (χ0v) is 30.5. The molecule has 0 spiro atoms. The molecule has 0 N–H and O–H groups in total. The molecule has 0 amide bonds. The Hall–Kier alpha value is -3.98. The normalized spacial score (nSPS) is 13.0. The minimum atomic E-state index is -4.98. The third-order valence-corrected chi connectivity index (χ3v) is 9.09. The minimum absolute atomic E-state index is 0.0931. The molecule has 1 aliphatic rings. The van der Waals surface area contributed by atoms with Crippen LogP contribution in [-0.4, -0.2) is 39.0 Å². The number of halogens is 5. The van der Waals surface area contributed by atoms with Crippen LogP contribution in [0.25, 0.3) is 33.5 Å². The van der Waals surface area contributed by atoms with Crippen LogP contribution in [-0.2, 0) is 24.1 Å². The molecule has 0 unspecified atom stereocenters. The number of aromatic nitrogens is 4. The van der Waals surface area contributed by atoms with Crippen molar-refractivity contribution in [1.82, 2.24) is 19.3 Å². The van der Waals surface area contributed by atoms with Crippen LogP contribution < -0.4 is 10.0 Å². The van der Waals surface area contributed by atoms with Crippen molar-refractivity contribution in [2.75, 3.05) is 13.3 Å². The standard InChI is InChI=1S/C31H28F5N4O2P.3C2H6/c1-39-28(19-12-13-19)27(37-29(39)23-15-14-21(43(2,3)41)16-26(23)42-31(34,35)36)22-10-7-11-25-24(22)17-40(38-25)18-30(32,33)20-8-5-4-6-9-20;3*1-2/h4-11,14-17,19H,12-13,18H2,1-3H3;3*1-2H3. The molecule has 12 heteroatoms. The summed E-state index contributed by atoms with van der Waals surface area (Å²) < 4.78 is 90.6. The number of imidazole rings is 1. The fourth-order valence-electron chi connectivity index (χ4n) is 5.37. The highest BCUT2D eigenvalue weighted by molar-refractivity contribution is 7.70. The lowest BCUT2D eigenvalue weighted by Crippen LogP contribution is -2.21. The number of fused-ring (bicyclic) bond motifs is 1. The van der Waals surface area contributed by atoms with Crippen LogP contribution in [0.3, 0.4) is 0 Å². The van der Waals surface area contributed by atoms with E-state index in [-0.39, 0.29) is 28.2 Å². The fourth-order valence-corrected chi connectivity index (χ4v) is 6.23. The molecular formula is C37H46F5N4O2P. The van der Waals surface area contributed by atoms with Gasteiger partial charge in [-0.25, -0.2) is 4.98 Å². The van der Waals surface area contributed by atoms with Crippen molar-refractivity contribution in [3.63, 3.8) is 0 Å². The first-order chi connectivity index (χ1) is 23.2. The first-order valence-corrected chi connectivity index (χ1v) is 19.2. The van der Waals surface area contributed by atoms with Crippen molar-refractivity contribution in [3.05, 3.63) is 84.2 Å². The Morgan fingerprint density at radius 3 is 2.06 bits per heavy atom. The largest absolute Gasteiger partial charge is 0.573 e. The molecular weight excluding hydrogens is 658 g/mol. The van der Waals surface area contributed by atoms with E-state index in [0.29, 0.717) is 22.2 Å². The smallest absolute Gasteiger partial charge is 0.405 e. The Kier molecular flexibility index (Phi) is 13.0. The van der Waals surface area contributed by atoms with Gasteiger partial charge in [0.1, 0.15) is 25.3 Å². The highest BCUT2D eigenvalue weighted by Crippen LogP contribution is 2.48. The van der Waals surface area contributed by atoms with E-state index in [0.717, 1.165) is 24.6 Å². The van der Waals surface area contributed by atoms with E-state index in [1.165, 1.54) is 42.3 Å². The van der Waals surface area contributed by atoms with Crippen molar-refractivity contribution in [2.45, 2.75) is 79.1 Å². The molecule has 2 heterocycles. The summed E-state index contributed by atoms with van der Waals surface area (Å²) in [6.45, 7) is 14.3. The van der Waals surface area contributed by atoms with Gasteiger partial charge in [-0.15, -0.1) is 13.2 Å². The van der Waals surface area contributed by atoms with Crippen LogP contribution in [0.1, 0.15) is 71.6 Å². The molecule has 1 fully saturated rings. The maximum Gasteiger partial charge on any atom is 0.573 e. The average Bonchev–Trinajstić information content (AvgIpc) is 3.73. The molecule has 5 aromatic rings. The van der Waals surface area contributed by atoms with Gasteiger partial charge in [0.25, 0.3) is 5.92 Å². The molecule has 1 saturated carbocycles. The third-order valence-electron chi connectivity index (χ3n) is 7.57. The van der Waals surface area contributed by atoms with Crippen molar-refractivity contribution in [3.8, 4) is 28.4 Å². The van der Waals surface area contributed by atoms with Crippen molar-refractivity contribution >= 4 is 23.3 Å². The molecule has 1 aliphatic carbocycles. The number of alkyl halides is 5. The summed E-state index contributed by atoms with van der Waals surface area (Å²) in [5, 5.41) is 5.25. The van der Waals surface area contributed by atoms with Crippen molar-refractivity contribution < 1.29 is 31.3 Å². The first kappa shape index (κ1) is 39.5. The molecule has 3 aromatic carbocycles. The number of rotatable bonds is 8. The maximum absolute atomic E-state index is 15.1. The van der Waals surface area contributed by atoms with Crippen LogP contribution in [0.4, 0.5) is 22.0 Å². The Labute approximate surface area is 285 Å². The summed E-state index contributed by atoms with van der Waals surface area (Å²) in [5.74, 6) is -3.29. The van der Waals surface area contributed by atoms with Crippen LogP contribution in [0.5, 0.6) is 5.75 Å². The Morgan fingerprint density at radius 2 is 1.49 bits per heavy atom. The van der Waals surface area contributed by atoms with Gasteiger partial charge in [-0.2, -0.15) is 13.9 Å². The number of hydrogen-bond donors (Lipinski definition) is 0. The predicted octanol–water partition coefficient (Wildman–Crippen LogP) is 11.0. The fraction of sp³-hybridized carbons (Fsp3) is 0.405. The van der Waals surface area contributed by atoms with Gasteiger partial charge >= 0.3 is 6.36 Å². The molecule has 0 radical (unpaired) electrons. The van der Waals surface area contributed by atoms with Crippen molar-refractivity contribution in [2.24, 2.45) is 7.05 Å². The summed E-state index contributed by atoms with van der Waals surface area (Å²) in [6, 6.07) is 16.9. The van der Waals surface area contributed by atoms with E-state index in [1.54, 1.807) is 48.1 Å². The Bertz CT molecular complexity index is 1870. The van der Waals surface area contributed by atoms with Gasteiger partial charge in [-0.1, -0.05) is 90.1 Å². The lowest BCUT2D eigenvalue weighted by molar-refractivity contribution is -0.274. The van der Waals surface area contributed by atoms with E-state index >= 15 is 8.78 Å². The monoisotopic (exact) mass is 704 g/mol. The van der Waals surface area contributed by atoms with Gasteiger partial charge in [0.05, 0.1) is 16.8 Å². The molecule has 6 nitrogen and oxygen atoms in total. The Balaban J connectivity index is 0.00000103. The summed E-state index contributed by atoms with van der Waals surface area (Å²) >= 11 is 0. The highest BCUT2D eigenvalue weighted by Gasteiger charge is 2.37. The van der Waals surface area contributed by atoms with Gasteiger partial charge in [-0.3, -0.25) is 4.68 Å². The second kappa shape index (κ2) is 16.2. The molecule has 0 atom stereocenters. The van der Waals surface area contributed by atoms with E-state index in [2.05, 4.69) is 9.84 Å². The SMILES string of the molecule is CC.CC.CC.Cn1c(-c2ccc(P(C)(C)=O)cc2OC(F)(F)F)nc(-c2cccc3nn(CC(F)(F)c4ccccc4)cc23)c1C1CC1. The topological polar surface area (TPSA) is 61.9 Å². The summed E-state index contributed by atoms with van der Waals surface area (Å²) in [4.78, 5) is 4.84. The zero-order chi connectivity index (χ0) is 36.7. The van der Waals surface area contributed by atoms with E-state index < -0.39 is 31.7 Å². The molecule has 0 aliphatic heterocycles. The lowest BCUT2D eigenvalue weighted by atomic mass is 10.0. The number of benzene rings is 3. The second-order valence-electron chi connectivity index (χ2n) is 11.2. The quantitative estimate of drug-likeness (QED) is 0.119. The van der Waals surface area contributed by atoms with Gasteiger partial charge in [0, 0.05) is 46.7 Å². The third kappa shape index (κ3) is 9.18. The number of ether oxygens (including phenoxy) is 1. The predicted molar refractivity (Wildman–Crippen MR) is 189 cm³/mol. The van der Waals surface area contributed by atoms with Gasteiger partial charge in [0.15, 0.2) is 0 Å². The summed E-state index contributed by atoms with van der Waals surface area (Å²) in [5.41, 5.74) is 2.46. The van der Waals surface area contributed by atoms with Gasteiger partial charge in [0.2, 0.25) is 0 Å². The summed E-state index contributed by atoms with van der Waals surface area (Å²) in [6.07, 6.45) is -1.66. The molecule has 0 saturated heterocycles. The molecule has 2 aromatic heterocycles. The van der Waals surface area contributed by atoms with E-state index in [1.807, 2.05) is 47.6 Å². The number of nitrogens with zero attached hydrogens (tertiary/aromatic N) is 4. The lowest BCUT2D eigenvalue weighted by Gasteiger charge is -2.16. The Morgan fingerprint density at radius 1 is 0.857 bits per heavy atom. The maximum atomic E-state index is 15.1. The molecule has 266 valence electrons. The van der Waals surface area contributed by atoms with Crippen LogP contribution in [0.15, 0.2) is 72.9 Å². The van der Waals surface area contributed by atoms with E-state index in [9.17, 15) is 17.7 Å². The summed E-state index contributed by atoms with van der Waals surface area (Å²) in [7, 11) is -1.15. The number of hydrogen-bond acceptors (Lipinski definition) is 4. The minimum Gasteiger partial charge on any atom is -0.405 e. The highest BCUT2D eigenvalue weighted by atomic mass is 31.2. The molecule has 49 heavy (non-hydrogen) atoms. The first-order valence-electron chi connectivity index (χ1n) is 16.6.